The van der Waals surface area contributed by atoms with Crippen LogP contribution in [0.15, 0.2) is 0 Å². The number of hydrogen-bond donors (Lipinski definition) is 1. The number of aromatic nitrogens is 1. The predicted octanol–water partition coefficient (Wildman–Crippen LogP) is 2.78. The van der Waals surface area contributed by atoms with Gasteiger partial charge in [0.05, 0.1) is 10.7 Å². The third kappa shape index (κ3) is 1.71. The number of nitrogens with zero attached hydrogens (tertiary/aromatic N) is 1. The summed E-state index contributed by atoms with van der Waals surface area (Å²) in [6, 6.07) is 0.434. The summed E-state index contributed by atoms with van der Waals surface area (Å²) >= 11 is 1.89. The second kappa shape index (κ2) is 3.63. The highest BCUT2D eigenvalue weighted by Gasteiger charge is 2.30. The van der Waals surface area contributed by atoms with Gasteiger partial charge in [-0.2, -0.15) is 0 Å². The van der Waals surface area contributed by atoms with Crippen molar-refractivity contribution in [3.63, 3.8) is 0 Å². The van der Waals surface area contributed by atoms with Crippen molar-refractivity contribution in [1.29, 1.82) is 0 Å². The topological polar surface area (TPSA) is 38.9 Å². The van der Waals surface area contributed by atoms with Crippen molar-refractivity contribution >= 4 is 11.3 Å². The molecule has 0 atom stereocenters. The maximum Gasteiger partial charge on any atom is 0.0956 e. The van der Waals surface area contributed by atoms with E-state index in [1.54, 1.807) is 0 Å². The number of aryl methyl sites for hydroxylation is 1. The Labute approximate surface area is 89.5 Å². The monoisotopic (exact) mass is 210 g/mol. The zero-order valence-corrected chi connectivity index (χ0v) is 9.90. The molecule has 1 aromatic rings. The van der Waals surface area contributed by atoms with E-state index in [0.717, 1.165) is 12.8 Å². The fourth-order valence-electron chi connectivity index (χ4n) is 1.93. The van der Waals surface area contributed by atoms with E-state index in [1.807, 2.05) is 11.3 Å². The lowest BCUT2D eigenvalue weighted by molar-refractivity contribution is 0.354. The molecule has 1 saturated carbocycles. The molecule has 2 N–H and O–H groups in total. The van der Waals surface area contributed by atoms with Gasteiger partial charge in [-0.1, -0.05) is 13.8 Å². The van der Waals surface area contributed by atoms with Gasteiger partial charge in [0, 0.05) is 16.8 Å². The van der Waals surface area contributed by atoms with Gasteiger partial charge in [0.2, 0.25) is 0 Å². The minimum Gasteiger partial charge on any atom is -0.328 e. The van der Waals surface area contributed by atoms with E-state index in [2.05, 4.69) is 25.8 Å². The molecule has 0 aliphatic heterocycles. The summed E-state index contributed by atoms with van der Waals surface area (Å²) in [4.78, 5) is 6.10. The first-order chi connectivity index (χ1) is 6.58. The van der Waals surface area contributed by atoms with Gasteiger partial charge in [0.25, 0.3) is 0 Å². The molecule has 78 valence electrons. The fourth-order valence-corrected chi connectivity index (χ4v) is 3.13. The molecule has 0 saturated heterocycles. The van der Waals surface area contributed by atoms with Crippen LogP contribution in [-0.4, -0.2) is 11.0 Å². The SMILES string of the molecule is Cc1nc(C(C)C)sc1C1CC(N)C1. The Morgan fingerprint density at radius 2 is 2.07 bits per heavy atom. The van der Waals surface area contributed by atoms with Crippen molar-refractivity contribution < 1.29 is 0 Å². The van der Waals surface area contributed by atoms with Crippen molar-refractivity contribution in [3.8, 4) is 0 Å². The predicted molar refractivity (Wildman–Crippen MR) is 60.9 cm³/mol. The molecule has 1 aliphatic carbocycles. The van der Waals surface area contributed by atoms with Gasteiger partial charge in [-0.25, -0.2) is 4.98 Å². The van der Waals surface area contributed by atoms with Crippen LogP contribution in [0.4, 0.5) is 0 Å². The minimum atomic E-state index is 0.434. The molecule has 14 heavy (non-hydrogen) atoms. The van der Waals surface area contributed by atoms with E-state index in [1.165, 1.54) is 15.6 Å². The van der Waals surface area contributed by atoms with Crippen LogP contribution in [-0.2, 0) is 0 Å². The van der Waals surface area contributed by atoms with Gasteiger partial charge in [0.15, 0.2) is 0 Å². The van der Waals surface area contributed by atoms with Gasteiger partial charge >= 0.3 is 0 Å². The maximum atomic E-state index is 5.81. The van der Waals surface area contributed by atoms with Crippen molar-refractivity contribution in [1.82, 2.24) is 4.98 Å². The molecule has 2 rings (SSSR count). The van der Waals surface area contributed by atoms with Crippen molar-refractivity contribution in [2.24, 2.45) is 5.73 Å². The van der Waals surface area contributed by atoms with Crippen LogP contribution in [0.3, 0.4) is 0 Å². The first-order valence-electron chi connectivity index (χ1n) is 5.30. The smallest absolute Gasteiger partial charge is 0.0956 e. The molecular weight excluding hydrogens is 192 g/mol. The lowest BCUT2D eigenvalue weighted by Gasteiger charge is -2.31. The zero-order chi connectivity index (χ0) is 10.3. The molecule has 1 fully saturated rings. The Balaban J connectivity index is 2.18. The summed E-state index contributed by atoms with van der Waals surface area (Å²) < 4.78 is 0. The maximum absolute atomic E-state index is 5.81. The normalized spacial score (nSPS) is 26.6. The zero-order valence-electron chi connectivity index (χ0n) is 9.08. The Bertz CT molecular complexity index is 324. The molecule has 0 aromatic carbocycles. The van der Waals surface area contributed by atoms with Gasteiger partial charge in [0.1, 0.15) is 0 Å². The first kappa shape index (κ1) is 10.1. The highest BCUT2D eigenvalue weighted by Crippen LogP contribution is 2.41. The molecule has 0 spiro atoms. The Morgan fingerprint density at radius 1 is 1.43 bits per heavy atom. The molecular formula is C11H18N2S. The van der Waals surface area contributed by atoms with E-state index in [0.29, 0.717) is 17.9 Å². The lowest BCUT2D eigenvalue weighted by atomic mass is 9.79. The van der Waals surface area contributed by atoms with Crippen LogP contribution >= 0.6 is 11.3 Å². The van der Waals surface area contributed by atoms with Gasteiger partial charge in [-0.05, 0) is 25.7 Å². The summed E-state index contributed by atoms with van der Waals surface area (Å²) in [5.74, 6) is 1.26. The Morgan fingerprint density at radius 3 is 2.50 bits per heavy atom. The average molecular weight is 210 g/mol. The molecule has 0 bridgehead atoms. The van der Waals surface area contributed by atoms with E-state index >= 15 is 0 Å². The quantitative estimate of drug-likeness (QED) is 0.815. The van der Waals surface area contributed by atoms with Crippen LogP contribution in [0, 0.1) is 6.92 Å². The van der Waals surface area contributed by atoms with E-state index in [-0.39, 0.29) is 0 Å². The highest BCUT2D eigenvalue weighted by atomic mass is 32.1. The second-order valence-corrected chi connectivity index (χ2v) is 5.65. The number of rotatable bonds is 2. The molecule has 0 unspecified atom stereocenters. The molecule has 0 amide bonds. The van der Waals surface area contributed by atoms with E-state index in [9.17, 15) is 0 Å². The third-order valence-corrected chi connectivity index (χ3v) is 4.51. The minimum absolute atomic E-state index is 0.434. The molecule has 2 nitrogen and oxygen atoms in total. The van der Waals surface area contributed by atoms with E-state index in [4.69, 9.17) is 5.73 Å². The highest BCUT2D eigenvalue weighted by molar-refractivity contribution is 7.11. The van der Waals surface area contributed by atoms with Crippen molar-refractivity contribution in [3.05, 3.63) is 15.6 Å². The summed E-state index contributed by atoms with van der Waals surface area (Å²) in [5.41, 5.74) is 7.04. The summed E-state index contributed by atoms with van der Waals surface area (Å²) in [6.07, 6.45) is 2.31. The fraction of sp³-hybridized carbons (Fsp3) is 0.727. The number of thiazole rings is 1. The Kier molecular flexibility index (Phi) is 2.62. The molecule has 1 aromatic heterocycles. The average Bonchev–Trinajstić information content (AvgIpc) is 2.42. The Hall–Kier alpha value is -0.410. The summed E-state index contributed by atoms with van der Waals surface area (Å²) in [6.45, 7) is 6.53. The standard InChI is InChI=1S/C11H18N2S/c1-6(2)11-13-7(3)10(14-11)8-4-9(12)5-8/h6,8-9H,4-5,12H2,1-3H3. The van der Waals surface area contributed by atoms with Gasteiger partial charge in [-0.3, -0.25) is 0 Å². The second-order valence-electron chi connectivity index (χ2n) is 4.58. The van der Waals surface area contributed by atoms with Crippen LogP contribution < -0.4 is 5.73 Å². The van der Waals surface area contributed by atoms with Crippen LogP contribution in [0.5, 0.6) is 0 Å². The van der Waals surface area contributed by atoms with Crippen molar-refractivity contribution in [2.45, 2.75) is 51.5 Å². The molecule has 0 radical (unpaired) electrons. The van der Waals surface area contributed by atoms with E-state index < -0.39 is 0 Å². The largest absolute Gasteiger partial charge is 0.328 e. The molecule has 1 aliphatic rings. The third-order valence-electron chi connectivity index (χ3n) is 2.89. The number of hydrogen-bond acceptors (Lipinski definition) is 3. The lowest BCUT2D eigenvalue weighted by Crippen LogP contribution is -2.34. The number of nitrogens with two attached hydrogens (primary N) is 1. The summed E-state index contributed by atoms with van der Waals surface area (Å²) in [7, 11) is 0. The molecule has 3 heteroatoms. The molecule has 1 heterocycles. The van der Waals surface area contributed by atoms with Crippen molar-refractivity contribution in [2.75, 3.05) is 0 Å². The van der Waals surface area contributed by atoms with Crippen LogP contribution in [0.1, 0.15) is 54.1 Å². The van der Waals surface area contributed by atoms with Gasteiger partial charge < -0.3 is 5.73 Å². The van der Waals surface area contributed by atoms with Gasteiger partial charge in [-0.15, -0.1) is 11.3 Å². The van der Waals surface area contributed by atoms with Crippen LogP contribution in [0.25, 0.3) is 0 Å². The summed E-state index contributed by atoms with van der Waals surface area (Å²) in [5, 5.41) is 1.28. The first-order valence-corrected chi connectivity index (χ1v) is 6.12. The van der Waals surface area contributed by atoms with Crippen LogP contribution in [0.2, 0.25) is 0 Å².